The third-order valence-electron chi connectivity index (χ3n) is 9.79. The van der Waals surface area contributed by atoms with Crippen molar-refractivity contribution < 1.29 is 65.8 Å². The number of nitrogens with zero attached hydrogens (tertiary/aromatic N) is 1. The van der Waals surface area contributed by atoms with Gasteiger partial charge in [0.15, 0.2) is 0 Å². The van der Waals surface area contributed by atoms with Gasteiger partial charge in [0.05, 0.1) is 95.0 Å². The summed E-state index contributed by atoms with van der Waals surface area (Å²) in [6.07, 6.45) is -0.829. The maximum Gasteiger partial charge on any atom is 0.511 e. The Morgan fingerprint density at radius 1 is 0.828 bits per heavy atom. The standard InChI is InChI=1S/C44H53Cl2F2N3O12.CH4/c1-43(2,3)25-36-44(26-49,31-11-10-29(45)24-33(31)47)37(30-7-6-8-32(46)38(30)48)39(51-36)40(52)50-34-12-9-28(23-35(34)56-5)41(53)62-27-63-42(54)61-22-21-60-20-19-59-18-17-58-16-15-57-14-13-55-4;/h6-12,23-24,36-37,39,51H,13-22,25,27H2,1-5H3,(H,50,52);1H4/t36-,37-,39+,44-;/m0./s1. The van der Waals surface area contributed by atoms with E-state index in [2.05, 4.69) is 16.7 Å². The second-order valence-corrected chi connectivity index (χ2v) is 16.2. The minimum absolute atomic E-state index is 0. The van der Waals surface area contributed by atoms with Crippen LogP contribution in [0.5, 0.6) is 5.75 Å². The first-order valence-corrected chi connectivity index (χ1v) is 20.7. The predicted molar refractivity (Wildman–Crippen MR) is 234 cm³/mol. The van der Waals surface area contributed by atoms with E-state index < -0.39 is 65.3 Å². The molecule has 19 heteroatoms. The third kappa shape index (κ3) is 15.0. The lowest BCUT2D eigenvalue weighted by Gasteiger charge is -2.37. The van der Waals surface area contributed by atoms with Gasteiger partial charge in [0.1, 0.15) is 29.4 Å². The van der Waals surface area contributed by atoms with Gasteiger partial charge in [-0.25, -0.2) is 18.4 Å². The zero-order valence-corrected chi connectivity index (χ0v) is 37.3. The molecule has 0 aliphatic carbocycles. The van der Waals surface area contributed by atoms with Gasteiger partial charge in [-0.3, -0.25) is 4.79 Å². The molecule has 1 heterocycles. The molecule has 15 nitrogen and oxygen atoms in total. The zero-order chi connectivity index (χ0) is 46.0. The molecule has 0 radical (unpaired) electrons. The molecule has 0 spiro atoms. The number of carbonyl (C=O) groups excluding carboxylic acids is 3. The number of amides is 1. The summed E-state index contributed by atoms with van der Waals surface area (Å²) in [7, 11) is 2.90. The number of carbonyl (C=O) groups is 3. The number of benzene rings is 3. The number of nitriles is 1. The molecular weight excluding hydrogens is 883 g/mol. The van der Waals surface area contributed by atoms with Crippen LogP contribution in [0.15, 0.2) is 54.6 Å². The van der Waals surface area contributed by atoms with Crippen LogP contribution in [-0.2, 0) is 48.1 Å². The van der Waals surface area contributed by atoms with Crippen molar-refractivity contribution in [1.29, 1.82) is 5.26 Å². The van der Waals surface area contributed by atoms with Gasteiger partial charge in [0.25, 0.3) is 0 Å². The van der Waals surface area contributed by atoms with Crippen molar-refractivity contribution in [1.82, 2.24) is 5.32 Å². The molecule has 1 fully saturated rings. The van der Waals surface area contributed by atoms with E-state index in [0.717, 1.165) is 6.07 Å². The van der Waals surface area contributed by atoms with Crippen LogP contribution in [0.2, 0.25) is 10.0 Å². The van der Waals surface area contributed by atoms with E-state index in [1.165, 1.54) is 55.6 Å². The summed E-state index contributed by atoms with van der Waals surface area (Å²) >= 11 is 12.4. The van der Waals surface area contributed by atoms with Gasteiger partial charge in [-0.15, -0.1) is 0 Å². The Kier molecular flexibility index (Phi) is 22.1. The summed E-state index contributed by atoms with van der Waals surface area (Å²) in [6, 6.07) is 12.2. The van der Waals surface area contributed by atoms with Gasteiger partial charge < -0.3 is 53.3 Å². The summed E-state index contributed by atoms with van der Waals surface area (Å²) in [5, 5.41) is 17.0. The number of hydrogen-bond acceptors (Lipinski definition) is 14. The number of nitrogens with one attached hydrogen (secondary N) is 2. The van der Waals surface area contributed by atoms with E-state index in [4.69, 9.17) is 65.8 Å². The molecule has 1 saturated heterocycles. The molecule has 0 unspecified atom stereocenters. The smallest absolute Gasteiger partial charge is 0.495 e. The molecule has 4 atom stereocenters. The number of rotatable bonds is 24. The largest absolute Gasteiger partial charge is 0.511 e. The van der Waals surface area contributed by atoms with Crippen molar-refractivity contribution in [2.75, 3.05) is 92.4 Å². The molecule has 0 bridgehead atoms. The van der Waals surface area contributed by atoms with Crippen molar-refractivity contribution in [3.63, 3.8) is 0 Å². The summed E-state index contributed by atoms with van der Waals surface area (Å²) in [6.45, 7) is 8.25. The summed E-state index contributed by atoms with van der Waals surface area (Å²) in [5.74, 6) is -4.58. The molecule has 1 aliphatic heterocycles. The van der Waals surface area contributed by atoms with E-state index in [1.54, 1.807) is 7.11 Å². The Hall–Kier alpha value is -4.64. The molecule has 0 saturated carbocycles. The minimum atomic E-state index is -1.84. The van der Waals surface area contributed by atoms with Gasteiger partial charge in [-0.2, -0.15) is 5.26 Å². The average molecular weight is 941 g/mol. The quantitative estimate of drug-likeness (QED) is 0.0503. The molecule has 4 rings (SSSR count). The SMILES string of the molecule is C.COCCOCCOCCOCCOCCOC(=O)OCOC(=O)c1ccc(NC(=O)[C@@H]2N[C@@H](CC(C)(C)C)[C@](C#N)(c3ccc(Cl)cc3F)[C@H]2c2cccc(Cl)c2F)c(OC)c1. The first-order valence-electron chi connectivity index (χ1n) is 20.0. The molecule has 3 aromatic carbocycles. The molecule has 2 N–H and O–H groups in total. The molecule has 352 valence electrons. The Morgan fingerprint density at radius 3 is 2.03 bits per heavy atom. The fourth-order valence-electron chi connectivity index (χ4n) is 7.03. The molecule has 0 aromatic heterocycles. The van der Waals surface area contributed by atoms with Crippen molar-refractivity contribution >= 4 is 46.9 Å². The lowest BCUT2D eigenvalue weighted by molar-refractivity contribution is -0.118. The average Bonchev–Trinajstić information content (AvgIpc) is 3.56. The maximum absolute atomic E-state index is 16.1. The van der Waals surface area contributed by atoms with Crippen LogP contribution in [0.25, 0.3) is 0 Å². The maximum atomic E-state index is 16.1. The number of esters is 1. The summed E-state index contributed by atoms with van der Waals surface area (Å²) in [4.78, 5) is 39.3. The highest BCUT2D eigenvalue weighted by Crippen LogP contribution is 2.53. The molecule has 3 aromatic rings. The topological polar surface area (TPSA) is 182 Å². The molecule has 64 heavy (non-hydrogen) atoms. The van der Waals surface area contributed by atoms with Crippen LogP contribution >= 0.6 is 23.2 Å². The Bertz CT molecular complexity index is 2040. The zero-order valence-electron chi connectivity index (χ0n) is 35.8. The molecule has 1 aliphatic rings. The van der Waals surface area contributed by atoms with Crippen LogP contribution < -0.4 is 15.4 Å². The van der Waals surface area contributed by atoms with Gasteiger partial charge >= 0.3 is 12.1 Å². The Balaban J connectivity index is 0.0000109. The van der Waals surface area contributed by atoms with Crippen molar-refractivity contribution in [2.24, 2.45) is 5.41 Å². The highest BCUT2D eigenvalue weighted by atomic mass is 35.5. The lowest BCUT2D eigenvalue weighted by atomic mass is 9.62. The van der Waals surface area contributed by atoms with Gasteiger partial charge in [0.2, 0.25) is 12.7 Å². The van der Waals surface area contributed by atoms with Crippen molar-refractivity contribution in [3.05, 3.63) is 93.0 Å². The Labute approximate surface area is 382 Å². The van der Waals surface area contributed by atoms with E-state index in [9.17, 15) is 19.6 Å². The molecule has 1 amide bonds. The van der Waals surface area contributed by atoms with Crippen LogP contribution in [-0.4, -0.2) is 117 Å². The van der Waals surface area contributed by atoms with Crippen LogP contribution in [0.1, 0.15) is 62.0 Å². The summed E-state index contributed by atoms with van der Waals surface area (Å²) in [5.41, 5.74) is -2.38. The van der Waals surface area contributed by atoms with Crippen LogP contribution in [0, 0.1) is 28.4 Å². The van der Waals surface area contributed by atoms with E-state index in [1.807, 2.05) is 20.8 Å². The lowest BCUT2D eigenvalue weighted by Crippen LogP contribution is -2.45. The first kappa shape index (κ1) is 53.7. The predicted octanol–water partition coefficient (Wildman–Crippen LogP) is 7.86. The van der Waals surface area contributed by atoms with Gasteiger partial charge in [0, 0.05) is 29.7 Å². The number of hydrogen-bond donors (Lipinski definition) is 2. The van der Waals surface area contributed by atoms with Crippen molar-refractivity contribution in [3.8, 4) is 11.8 Å². The second kappa shape index (κ2) is 26.4. The number of anilines is 1. The number of halogens is 4. The summed E-state index contributed by atoms with van der Waals surface area (Å²) < 4.78 is 78.6. The fourth-order valence-corrected chi connectivity index (χ4v) is 7.37. The van der Waals surface area contributed by atoms with Crippen LogP contribution in [0.3, 0.4) is 0 Å². The normalized spacial score (nSPS) is 18.1. The number of methoxy groups -OCH3 is 2. The van der Waals surface area contributed by atoms with E-state index in [0.29, 0.717) is 46.2 Å². The van der Waals surface area contributed by atoms with Gasteiger partial charge in [-0.1, -0.05) is 69.6 Å². The highest BCUT2D eigenvalue weighted by Gasteiger charge is 2.61. The van der Waals surface area contributed by atoms with E-state index >= 15 is 8.78 Å². The van der Waals surface area contributed by atoms with Crippen molar-refractivity contribution in [2.45, 2.75) is 58.0 Å². The third-order valence-corrected chi connectivity index (χ3v) is 10.3. The van der Waals surface area contributed by atoms with Crippen LogP contribution in [0.4, 0.5) is 19.3 Å². The fraction of sp³-hybridized carbons (Fsp3) is 0.511. The monoisotopic (exact) mass is 939 g/mol. The Morgan fingerprint density at radius 2 is 1.45 bits per heavy atom. The molecular formula is C45H57Cl2F2N3O12. The first-order chi connectivity index (χ1) is 30.2. The minimum Gasteiger partial charge on any atom is -0.495 e. The second-order valence-electron chi connectivity index (χ2n) is 15.3. The van der Waals surface area contributed by atoms with Gasteiger partial charge in [-0.05, 0) is 53.8 Å². The highest BCUT2D eigenvalue weighted by molar-refractivity contribution is 6.31. The van der Waals surface area contributed by atoms with E-state index in [-0.39, 0.29) is 71.8 Å². The number of ether oxygens (including phenoxy) is 9.